The van der Waals surface area contributed by atoms with E-state index in [9.17, 15) is 14.7 Å². The number of carboxylic acid groups (broad SMARTS) is 1. The summed E-state index contributed by atoms with van der Waals surface area (Å²) < 4.78 is 5.08. The van der Waals surface area contributed by atoms with E-state index in [0.717, 1.165) is 5.56 Å². The lowest BCUT2D eigenvalue weighted by atomic mass is 9.83. The fourth-order valence-corrected chi connectivity index (χ4v) is 4.23. The molecular formula is C20H31N3O4. The zero-order valence-electron chi connectivity index (χ0n) is 16.9. The second-order valence-electron chi connectivity index (χ2n) is 7.84. The maximum atomic E-state index is 13.2. The van der Waals surface area contributed by atoms with Gasteiger partial charge >= 0.3 is 5.97 Å². The molecule has 7 nitrogen and oxygen atoms in total. The summed E-state index contributed by atoms with van der Waals surface area (Å²) in [6.07, 6.45) is 4.18. The number of nitrogens with zero attached hydrogens (tertiary/aromatic N) is 3. The second-order valence-corrected chi connectivity index (χ2v) is 7.84. The monoisotopic (exact) mass is 377 g/mol. The Morgan fingerprint density at radius 3 is 2.70 bits per heavy atom. The van der Waals surface area contributed by atoms with Crippen LogP contribution in [0, 0.1) is 11.8 Å². The van der Waals surface area contributed by atoms with Gasteiger partial charge in [-0.15, -0.1) is 0 Å². The highest BCUT2D eigenvalue weighted by atomic mass is 16.5. The number of likely N-dealkylation sites (tertiary alicyclic amines) is 1. The van der Waals surface area contributed by atoms with E-state index in [4.69, 9.17) is 4.74 Å². The average Bonchev–Trinajstić information content (AvgIpc) is 2.92. The first-order valence-corrected chi connectivity index (χ1v) is 9.34. The first-order chi connectivity index (χ1) is 12.7. The zero-order valence-corrected chi connectivity index (χ0v) is 16.9. The van der Waals surface area contributed by atoms with Crippen LogP contribution >= 0.6 is 0 Å². The van der Waals surface area contributed by atoms with Gasteiger partial charge in [0.05, 0.1) is 12.5 Å². The van der Waals surface area contributed by atoms with E-state index in [1.807, 2.05) is 37.9 Å². The highest BCUT2D eigenvalue weighted by Crippen LogP contribution is 2.49. The number of rotatable bonds is 8. The van der Waals surface area contributed by atoms with Crippen LogP contribution in [0.2, 0.25) is 0 Å². The Morgan fingerprint density at radius 2 is 2.19 bits per heavy atom. The fraction of sp³-hybridized carbons (Fsp3) is 0.650. The number of hydrogen-bond donors (Lipinski definition) is 1. The van der Waals surface area contributed by atoms with Gasteiger partial charge in [0.25, 0.3) is 0 Å². The van der Waals surface area contributed by atoms with Gasteiger partial charge in [-0.3, -0.25) is 19.5 Å². The van der Waals surface area contributed by atoms with E-state index in [1.165, 1.54) is 0 Å². The number of methoxy groups -OCH3 is 1. The van der Waals surface area contributed by atoms with Crippen LogP contribution in [0.25, 0.3) is 0 Å². The highest BCUT2D eigenvalue weighted by Gasteiger charge is 2.57. The SMILES string of the molecule is COCCN(C)C(=O)[C@H]1C[C@@](CC(C)C)(C(=O)O)N(C)[C@H]1c1cccnc1. The van der Waals surface area contributed by atoms with Crippen molar-refractivity contribution in [2.45, 2.75) is 38.3 Å². The first-order valence-electron chi connectivity index (χ1n) is 9.34. The Balaban J connectivity index is 2.45. The molecule has 1 fully saturated rings. The van der Waals surface area contributed by atoms with E-state index in [1.54, 1.807) is 31.5 Å². The minimum absolute atomic E-state index is 0.0559. The van der Waals surface area contributed by atoms with Crippen molar-refractivity contribution in [1.29, 1.82) is 0 Å². The van der Waals surface area contributed by atoms with E-state index in [0.29, 0.717) is 19.6 Å². The Labute approximate surface area is 161 Å². The number of aliphatic carboxylic acids is 1. The molecule has 7 heteroatoms. The molecule has 0 saturated carbocycles. The third kappa shape index (κ3) is 4.30. The number of ether oxygens (including phenoxy) is 1. The Kier molecular flexibility index (Phi) is 6.95. The van der Waals surface area contributed by atoms with Crippen molar-refractivity contribution in [3.63, 3.8) is 0 Å². The minimum atomic E-state index is -1.07. The molecule has 1 amide bonds. The zero-order chi connectivity index (χ0) is 20.2. The third-order valence-electron chi connectivity index (χ3n) is 5.53. The van der Waals surface area contributed by atoms with Crippen LogP contribution < -0.4 is 0 Å². The van der Waals surface area contributed by atoms with Crippen LogP contribution in [0.15, 0.2) is 24.5 Å². The molecule has 1 aliphatic heterocycles. The van der Waals surface area contributed by atoms with E-state index in [2.05, 4.69) is 4.98 Å². The maximum Gasteiger partial charge on any atom is 0.324 e. The number of carbonyl (C=O) groups excluding carboxylic acids is 1. The smallest absolute Gasteiger partial charge is 0.324 e. The largest absolute Gasteiger partial charge is 0.480 e. The number of aromatic nitrogens is 1. The number of carboxylic acids is 1. The molecule has 0 aromatic carbocycles. The number of carbonyl (C=O) groups is 2. The van der Waals surface area contributed by atoms with Gasteiger partial charge < -0.3 is 14.7 Å². The lowest BCUT2D eigenvalue weighted by Gasteiger charge is -2.36. The van der Waals surface area contributed by atoms with Crippen LogP contribution in [-0.4, -0.2) is 71.7 Å². The van der Waals surface area contributed by atoms with Gasteiger partial charge in [-0.2, -0.15) is 0 Å². The van der Waals surface area contributed by atoms with Crippen molar-refractivity contribution in [3.05, 3.63) is 30.1 Å². The summed E-state index contributed by atoms with van der Waals surface area (Å²) >= 11 is 0. The van der Waals surface area contributed by atoms with Gasteiger partial charge in [0, 0.05) is 39.1 Å². The molecule has 0 unspecified atom stereocenters. The van der Waals surface area contributed by atoms with Gasteiger partial charge in [-0.1, -0.05) is 19.9 Å². The predicted molar refractivity (Wildman–Crippen MR) is 102 cm³/mol. The molecule has 0 radical (unpaired) electrons. The average molecular weight is 377 g/mol. The van der Waals surface area contributed by atoms with Crippen molar-refractivity contribution >= 4 is 11.9 Å². The van der Waals surface area contributed by atoms with Crippen molar-refractivity contribution in [1.82, 2.24) is 14.8 Å². The molecule has 0 aliphatic carbocycles. The van der Waals surface area contributed by atoms with Crippen LogP contribution in [0.3, 0.4) is 0 Å². The van der Waals surface area contributed by atoms with Gasteiger partial charge in [-0.05, 0) is 37.4 Å². The van der Waals surface area contributed by atoms with E-state index >= 15 is 0 Å². The lowest BCUT2D eigenvalue weighted by Crippen LogP contribution is -2.50. The molecule has 150 valence electrons. The standard InChI is InChI=1S/C20H31N3O4/c1-14(2)11-20(19(25)26)12-16(18(24)22(3)9-10-27-5)17(23(20)4)15-7-6-8-21-13-15/h6-8,13-14,16-17H,9-12H2,1-5H3,(H,25,26)/t16-,17-,20-/m0/s1. The molecule has 0 spiro atoms. The molecule has 1 N–H and O–H groups in total. The summed E-state index contributed by atoms with van der Waals surface area (Å²) in [5.41, 5.74) is -0.206. The lowest BCUT2D eigenvalue weighted by molar-refractivity contribution is -0.151. The molecule has 2 rings (SSSR count). The summed E-state index contributed by atoms with van der Waals surface area (Å²) in [5.74, 6) is -1.18. The summed E-state index contributed by atoms with van der Waals surface area (Å²) in [5, 5.41) is 10.1. The van der Waals surface area contributed by atoms with E-state index in [-0.39, 0.29) is 24.3 Å². The van der Waals surface area contributed by atoms with Crippen LogP contribution in [-0.2, 0) is 14.3 Å². The molecule has 27 heavy (non-hydrogen) atoms. The maximum absolute atomic E-state index is 13.2. The molecular weight excluding hydrogens is 346 g/mol. The van der Waals surface area contributed by atoms with Gasteiger partial charge in [-0.25, -0.2) is 0 Å². The van der Waals surface area contributed by atoms with Gasteiger partial charge in [0.15, 0.2) is 0 Å². The summed E-state index contributed by atoms with van der Waals surface area (Å²) in [6.45, 7) is 4.94. The molecule has 1 aliphatic rings. The molecule has 1 aromatic heterocycles. The van der Waals surface area contributed by atoms with E-state index < -0.39 is 17.4 Å². The van der Waals surface area contributed by atoms with Crippen molar-refractivity contribution in [3.8, 4) is 0 Å². The van der Waals surface area contributed by atoms with Crippen LogP contribution in [0.5, 0.6) is 0 Å². The van der Waals surface area contributed by atoms with Gasteiger partial charge in [0.1, 0.15) is 5.54 Å². The number of likely N-dealkylation sites (N-methyl/N-ethyl adjacent to an activating group) is 2. The Bertz CT molecular complexity index is 652. The summed E-state index contributed by atoms with van der Waals surface area (Å²) in [7, 11) is 5.15. The number of amides is 1. The molecule has 0 bridgehead atoms. The molecule has 3 atom stereocenters. The highest BCUT2D eigenvalue weighted by molar-refractivity contribution is 5.85. The van der Waals surface area contributed by atoms with Crippen molar-refractivity contribution in [2.24, 2.45) is 11.8 Å². The number of pyridine rings is 1. The number of hydrogen-bond acceptors (Lipinski definition) is 5. The summed E-state index contributed by atoms with van der Waals surface area (Å²) in [6, 6.07) is 3.41. The van der Waals surface area contributed by atoms with Crippen molar-refractivity contribution in [2.75, 3.05) is 34.4 Å². The van der Waals surface area contributed by atoms with Crippen LogP contribution in [0.1, 0.15) is 38.3 Å². The Morgan fingerprint density at radius 1 is 1.48 bits per heavy atom. The predicted octanol–water partition coefficient (Wildman–Crippen LogP) is 2.05. The second kappa shape index (κ2) is 8.80. The Hall–Kier alpha value is -1.99. The molecule has 2 heterocycles. The topological polar surface area (TPSA) is 83.0 Å². The molecule has 1 aromatic rings. The fourth-order valence-electron chi connectivity index (χ4n) is 4.23. The molecule has 1 saturated heterocycles. The van der Waals surface area contributed by atoms with Gasteiger partial charge in [0.2, 0.25) is 5.91 Å². The minimum Gasteiger partial charge on any atom is -0.480 e. The quantitative estimate of drug-likeness (QED) is 0.747. The van der Waals surface area contributed by atoms with Crippen molar-refractivity contribution < 1.29 is 19.4 Å². The normalized spacial score (nSPS) is 25.7. The summed E-state index contributed by atoms with van der Waals surface area (Å²) in [4.78, 5) is 33.3. The first kappa shape index (κ1) is 21.3. The third-order valence-corrected chi connectivity index (χ3v) is 5.53. The van der Waals surface area contributed by atoms with Crippen LogP contribution in [0.4, 0.5) is 0 Å².